The van der Waals surface area contributed by atoms with Gasteiger partial charge in [-0.25, -0.2) is 0 Å². The van der Waals surface area contributed by atoms with Gasteiger partial charge in [0.25, 0.3) is 0 Å². The first-order valence-corrected chi connectivity index (χ1v) is 6.62. The van der Waals surface area contributed by atoms with Crippen LogP contribution in [0.15, 0.2) is 23.1 Å². The van der Waals surface area contributed by atoms with Crippen molar-refractivity contribution in [1.29, 1.82) is 0 Å². The molecular weight excluding hydrogens is 289 g/mol. The number of ketones is 1. The zero-order chi connectivity index (χ0) is 13.8. The van der Waals surface area contributed by atoms with Crippen molar-refractivity contribution in [3.8, 4) is 5.75 Å². The molecule has 0 saturated heterocycles. The lowest BCUT2D eigenvalue weighted by Crippen LogP contribution is -2.17. The Morgan fingerprint density at radius 3 is 2.61 bits per heavy atom. The van der Waals surface area contributed by atoms with Crippen LogP contribution in [-0.2, 0) is 11.2 Å². The van der Waals surface area contributed by atoms with Gasteiger partial charge in [-0.2, -0.15) is 0 Å². The minimum absolute atomic E-state index is 0.00523. The van der Waals surface area contributed by atoms with Crippen molar-refractivity contribution >= 4 is 29.1 Å². The Morgan fingerprint density at radius 2 is 2.11 bits per heavy atom. The Hall–Kier alpha value is -0.880. The molecule has 0 aliphatic carbocycles. The molecule has 0 N–H and O–H groups in total. The molecule has 100 valence electrons. The van der Waals surface area contributed by atoms with E-state index in [2.05, 4.69) is 4.74 Å². The summed E-state index contributed by atoms with van der Waals surface area (Å²) >= 11 is 6.72. The summed E-state index contributed by atoms with van der Waals surface area (Å²) in [6, 6.07) is 3.92. The summed E-state index contributed by atoms with van der Waals surface area (Å²) in [4.78, 5) is 12.0. The molecule has 0 aliphatic rings. The van der Waals surface area contributed by atoms with E-state index in [-0.39, 0.29) is 23.8 Å². The van der Waals surface area contributed by atoms with Crippen molar-refractivity contribution in [2.24, 2.45) is 0 Å². The third-order valence-corrected chi connectivity index (χ3v) is 3.16. The molecular formula is C11H10ClF3O2S. The lowest BCUT2D eigenvalue weighted by Gasteiger charge is -2.12. The number of carbonyl (C=O) groups excluding carboxylic acids is 1. The molecule has 1 aromatic rings. The highest BCUT2D eigenvalue weighted by atomic mass is 35.5. The summed E-state index contributed by atoms with van der Waals surface area (Å²) in [5.41, 5.74) is 0.481. The minimum Gasteiger partial charge on any atom is -0.406 e. The topological polar surface area (TPSA) is 26.3 Å². The fraction of sp³-hybridized carbons (Fsp3) is 0.364. The first-order valence-electron chi connectivity index (χ1n) is 4.86. The van der Waals surface area contributed by atoms with E-state index in [1.807, 2.05) is 0 Å². The number of hydrogen-bond donors (Lipinski definition) is 0. The maximum absolute atomic E-state index is 12.1. The van der Waals surface area contributed by atoms with E-state index in [0.717, 1.165) is 4.90 Å². The molecule has 0 unspecified atom stereocenters. The molecule has 1 aromatic carbocycles. The van der Waals surface area contributed by atoms with Gasteiger partial charge in [-0.1, -0.05) is 0 Å². The van der Waals surface area contributed by atoms with E-state index in [0.29, 0.717) is 5.56 Å². The van der Waals surface area contributed by atoms with E-state index in [1.165, 1.54) is 30.0 Å². The monoisotopic (exact) mass is 298 g/mol. The van der Waals surface area contributed by atoms with Gasteiger partial charge < -0.3 is 4.74 Å². The van der Waals surface area contributed by atoms with Crippen molar-refractivity contribution < 1.29 is 22.7 Å². The van der Waals surface area contributed by atoms with Gasteiger partial charge in [-0.3, -0.25) is 4.79 Å². The lowest BCUT2D eigenvalue weighted by molar-refractivity contribution is -0.274. The summed E-state index contributed by atoms with van der Waals surface area (Å²) in [7, 11) is 0. The maximum Gasteiger partial charge on any atom is 0.573 e. The predicted molar refractivity (Wildman–Crippen MR) is 64.3 cm³/mol. The van der Waals surface area contributed by atoms with Crippen LogP contribution in [0.5, 0.6) is 5.75 Å². The highest BCUT2D eigenvalue weighted by Gasteiger charge is 2.31. The summed E-state index contributed by atoms with van der Waals surface area (Å²) in [5, 5.41) is 0. The first-order chi connectivity index (χ1) is 8.35. The van der Waals surface area contributed by atoms with Gasteiger partial charge in [0.15, 0.2) is 5.78 Å². The SMILES string of the molecule is CSc1ccc(OC(F)(F)F)cc1CC(=O)CCl. The molecule has 0 aromatic heterocycles. The Kier molecular flexibility index (Phi) is 5.34. The largest absolute Gasteiger partial charge is 0.573 e. The van der Waals surface area contributed by atoms with Gasteiger partial charge in [-0.05, 0) is 30.0 Å². The van der Waals surface area contributed by atoms with E-state index in [9.17, 15) is 18.0 Å². The smallest absolute Gasteiger partial charge is 0.406 e. The fourth-order valence-electron chi connectivity index (χ4n) is 1.35. The molecule has 7 heteroatoms. The zero-order valence-electron chi connectivity index (χ0n) is 9.38. The fourth-order valence-corrected chi connectivity index (χ4v) is 2.04. The molecule has 0 spiro atoms. The number of halogens is 4. The third-order valence-electron chi connectivity index (χ3n) is 2.02. The van der Waals surface area contributed by atoms with Crippen molar-refractivity contribution in [3.63, 3.8) is 0 Å². The van der Waals surface area contributed by atoms with Crippen LogP contribution in [0.2, 0.25) is 0 Å². The van der Waals surface area contributed by atoms with E-state index < -0.39 is 6.36 Å². The van der Waals surface area contributed by atoms with Crippen LogP contribution in [0.4, 0.5) is 13.2 Å². The Bertz CT molecular complexity index is 435. The van der Waals surface area contributed by atoms with Crippen LogP contribution in [0.3, 0.4) is 0 Å². The van der Waals surface area contributed by atoms with Crippen LogP contribution in [0.25, 0.3) is 0 Å². The number of Topliss-reactive ketones (excluding diaryl/α,β-unsaturated/α-hetero) is 1. The summed E-state index contributed by atoms with van der Waals surface area (Å²) in [5.74, 6) is -0.758. The Labute approximate surface area is 111 Å². The molecule has 0 saturated carbocycles. The van der Waals surface area contributed by atoms with E-state index in [4.69, 9.17) is 11.6 Å². The average Bonchev–Trinajstić information content (AvgIpc) is 2.27. The molecule has 0 amide bonds. The lowest BCUT2D eigenvalue weighted by atomic mass is 10.1. The number of hydrogen-bond acceptors (Lipinski definition) is 3. The van der Waals surface area contributed by atoms with E-state index >= 15 is 0 Å². The molecule has 0 aliphatic heterocycles. The number of thioether (sulfide) groups is 1. The second-order valence-electron chi connectivity index (χ2n) is 3.37. The zero-order valence-corrected chi connectivity index (χ0v) is 11.0. The highest BCUT2D eigenvalue weighted by molar-refractivity contribution is 7.98. The molecule has 2 nitrogen and oxygen atoms in total. The predicted octanol–water partition coefficient (Wildman–Crippen LogP) is 3.66. The van der Waals surface area contributed by atoms with Crippen LogP contribution < -0.4 is 4.74 Å². The van der Waals surface area contributed by atoms with Gasteiger partial charge in [0, 0.05) is 11.3 Å². The second kappa shape index (κ2) is 6.33. The number of alkyl halides is 4. The second-order valence-corrected chi connectivity index (χ2v) is 4.49. The molecule has 0 atom stereocenters. The highest BCUT2D eigenvalue weighted by Crippen LogP contribution is 2.29. The van der Waals surface area contributed by atoms with Gasteiger partial charge in [-0.15, -0.1) is 36.5 Å². The van der Waals surface area contributed by atoms with Crippen molar-refractivity contribution in [2.75, 3.05) is 12.1 Å². The molecule has 18 heavy (non-hydrogen) atoms. The molecule has 0 radical (unpaired) electrons. The standard InChI is InChI=1S/C11H10ClF3O2S/c1-18-10-3-2-9(17-11(13,14)15)5-7(10)4-8(16)6-12/h2-3,5H,4,6H2,1H3. The van der Waals surface area contributed by atoms with Gasteiger partial charge in [0.05, 0.1) is 5.88 Å². The quantitative estimate of drug-likeness (QED) is 0.613. The first kappa shape index (κ1) is 15.2. The molecule has 1 rings (SSSR count). The maximum atomic E-state index is 12.1. The van der Waals surface area contributed by atoms with E-state index in [1.54, 1.807) is 6.26 Å². The van der Waals surface area contributed by atoms with Crippen LogP contribution in [0.1, 0.15) is 5.56 Å². The molecule has 0 fully saturated rings. The van der Waals surface area contributed by atoms with Gasteiger partial charge >= 0.3 is 6.36 Å². The van der Waals surface area contributed by atoms with Crippen LogP contribution >= 0.6 is 23.4 Å². The van der Waals surface area contributed by atoms with Gasteiger partial charge in [0.2, 0.25) is 0 Å². The molecule has 0 heterocycles. The number of carbonyl (C=O) groups is 1. The van der Waals surface area contributed by atoms with Crippen LogP contribution in [-0.4, -0.2) is 24.3 Å². The average molecular weight is 299 g/mol. The van der Waals surface area contributed by atoms with Crippen LogP contribution in [0, 0.1) is 0 Å². The summed E-state index contributed by atoms with van der Waals surface area (Å²) < 4.78 is 40.0. The van der Waals surface area contributed by atoms with Crippen molar-refractivity contribution in [1.82, 2.24) is 0 Å². The Morgan fingerprint density at radius 1 is 1.44 bits per heavy atom. The van der Waals surface area contributed by atoms with Crippen molar-refractivity contribution in [2.45, 2.75) is 17.7 Å². The minimum atomic E-state index is -4.74. The normalized spacial score (nSPS) is 11.4. The molecule has 0 bridgehead atoms. The summed E-state index contributed by atoms with van der Waals surface area (Å²) in [6.07, 6.45) is -2.97. The third kappa shape index (κ3) is 4.78. The van der Waals surface area contributed by atoms with Gasteiger partial charge in [0.1, 0.15) is 5.75 Å². The number of benzene rings is 1. The number of ether oxygens (including phenoxy) is 1. The van der Waals surface area contributed by atoms with Crippen molar-refractivity contribution in [3.05, 3.63) is 23.8 Å². The number of rotatable bonds is 5. The summed E-state index contributed by atoms with van der Waals surface area (Å²) in [6.45, 7) is 0. The Balaban J connectivity index is 2.98.